The van der Waals surface area contributed by atoms with E-state index < -0.39 is 38.0 Å². The number of benzene rings is 1. The first-order valence-corrected chi connectivity index (χ1v) is 7.16. The zero-order chi connectivity index (χ0) is 14.2. The Morgan fingerprint density at radius 1 is 1.16 bits per heavy atom. The highest BCUT2D eigenvalue weighted by Crippen LogP contribution is 2.22. The lowest BCUT2D eigenvalue weighted by Gasteiger charge is -2.17. The van der Waals surface area contributed by atoms with Crippen LogP contribution in [0.2, 0.25) is 0 Å². The summed E-state index contributed by atoms with van der Waals surface area (Å²) in [6.07, 6.45) is 1.58. The van der Waals surface area contributed by atoms with Gasteiger partial charge in [-0.1, -0.05) is 0 Å². The molecule has 1 aliphatic rings. The van der Waals surface area contributed by atoms with Crippen LogP contribution in [0.4, 0.5) is 8.78 Å². The minimum atomic E-state index is -4.30. The maximum Gasteiger partial charge on any atom is 0.255 e. The summed E-state index contributed by atoms with van der Waals surface area (Å²) in [6.45, 7) is 0.920. The molecule has 1 aliphatic heterocycles. The molecule has 1 aromatic rings. The standard InChI is InChI=1S/C11H12F2N2O3S/c12-8-5-7(11(16)15-3-1-2-4-15)10(6-9(8)13)19(14,17)18/h5-6H,1-4H2,(H2,14,17,18). The van der Waals surface area contributed by atoms with E-state index in [0.717, 1.165) is 12.8 Å². The SMILES string of the molecule is NS(=O)(=O)c1cc(F)c(F)cc1C(=O)N1CCCC1. The topological polar surface area (TPSA) is 80.5 Å². The number of carbonyl (C=O) groups is 1. The molecule has 0 radical (unpaired) electrons. The van der Waals surface area contributed by atoms with Crippen LogP contribution in [0, 0.1) is 11.6 Å². The van der Waals surface area contributed by atoms with Gasteiger partial charge in [-0.15, -0.1) is 0 Å². The molecule has 0 aromatic heterocycles. The average Bonchev–Trinajstić information content (AvgIpc) is 2.83. The molecule has 1 amide bonds. The zero-order valence-corrected chi connectivity index (χ0v) is 10.7. The van der Waals surface area contributed by atoms with E-state index in [9.17, 15) is 22.0 Å². The van der Waals surface area contributed by atoms with Gasteiger partial charge in [0.1, 0.15) is 0 Å². The van der Waals surface area contributed by atoms with Crippen LogP contribution in [-0.4, -0.2) is 32.3 Å². The third-order valence-corrected chi connectivity index (χ3v) is 3.90. The van der Waals surface area contributed by atoms with E-state index in [-0.39, 0.29) is 0 Å². The Morgan fingerprint density at radius 2 is 1.68 bits per heavy atom. The van der Waals surface area contributed by atoms with E-state index in [1.165, 1.54) is 4.90 Å². The summed E-state index contributed by atoms with van der Waals surface area (Å²) in [6, 6.07) is 1.02. The number of nitrogens with zero attached hydrogens (tertiary/aromatic N) is 1. The Kier molecular flexibility index (Phi) is 3.55. The van der Waals surface area contributed by atoms with Gasteiger partial charge in [-0.05, 0) is 25.0 Å². The summed E-state index contributed by atoms with van der Waals surface area (Å²) in [5, 5.41) is 4.93. The lowest BCUT2D eigenvalue weighted by Crippen LogP contribution is -2.30. The van der Waals surface area contributed by atoms with Crippen LogP contribution in [0.1, 0.15) is 23.2 Å². The van der Waals surface area contributed by atoms with Gasteiger partial charge in [0.25, 0.3) is 5.91 Å². The number of hydrogen-bond acceptors (Lipinski definition) is 3. The fourth-order valence-corrected chi connectivity index (χ4v) is 2.74. The number of hydrogen-bond donors (Lipinski definition) is 1. The van der Waals surface area contributed by atoms with Crippen LogP contribution < -0.4 is 5.14 Å². The second-order valence-electron chi connectivity index (χ2n) is 4.31. The molecule has 2 rings (SSSR count). The Labute approximate surface area is 109 Å². The molecule has 0 atom stereocenters. The zero-order valence-electron chi connectivity index (χ0n) is 9.90. The van der Waals surface area contributed by atoms with Crippen molar-refractivity contribution in [3.63, 3.8) is 0 Å². The molecular weight excluding hydrogens is 278 g/mol. The highest BCUT2D eigenvalue weighted by molar-refractivity contribution is 7.89. The van der Waals surface area contributed by atoms with Crippen LogP contribution in [-0.2, 0) is 10.0 Å². The number of nitrogens with two attached hydrogens (primary N) is 1. The largest absolute Gasteiger partial charge is 0.339 e. The molecular formula is C11H12F2N2O3S. The average molecular weight is 290 g/mol. The lowest BCUT2D eigenvalue weighted by molar-refractivity contribution is 0.0788. The summed E-state index contributed by atoms with van der Waals surface area (Å²) < 4.78 is 49.0. The first-order valence-electron chi connectivity index (χ1n) is 5.62. The van der Waals surface area contributed by atoms with Gasteiger partial charge in [0.2, 0.25) is 10.0 Å². The van der Waals surface area contributed by atoms with Crippen LogP contribution >= 0.6 is 0 Å². The molecule has 8 heteroatoms. The molecule has 19 heavy (non-hydrogen) atoms. The van der Waals surface area contributed by atoms with Crippen LogP contribution in [0.3, 0.4) is 0 Å². The maximum atomic E-state index is 13.2. The smallest absolute Gasteiger partial charge is 0.255 e. The van der Waals surface area contributed by atoms with Gasteiger partial charge < -0.3 is 4.90 Å². The predicted molar refractivity (Wildman–Crippen MR) is 62.9 cm³/mol. The monoisotopic (exact) mass is 290 g/mol. The molecule has 1 fully saturated rings. The minimum absolute atomic E-state index is 0.427. The number of sulfonamides is 1. The molecule has 1 aromatic carbocycles. The molecule has 0 bridgehead atoms. The number of carbonyl (C=O) groups excluding carboxylic acids is 1. The fourth-order valence-electron chi connectivity index (χ4n) is 2.02. The first-order chi connectivity index (χ1) is 8.80. The van der Waals surface area contributed by atoms with E-state index in [0.29, 0.717) is 25.2 Å². The van der Waals surface area contributed by atoms with Crippen molar-refractivity contribution in [2.24, 2.45) is 5.14 Å². The van der Waals surface area contributed by atoms with Crippen molar-refractivity contribution in [1.82, 2.24) is 4.90 Å². The summed E-state index contributed by atoms with van der Waals surface area (Å²) in [5.74, 6) is -3.29. The van der Waals surface area contributed by atoms with Crippen molar-refractivity contribution >= 4 is 15.9 Å². The summed E-state index contributed by atoms with van der Waals surface area (Å²) in [5.41, 5.74) is -0.427. The van der Waals surface area contributed by atoms with E-state index in [2.05, 4.69) is 0 Å². The quantitative estimate of drug-likeness (QED) is 0.876. The highest BCUT2D eigenvalue weighted by atomic mass is 32.2. The number of rotatable bonds is 2. The summed E-state index contributed by atoms with van der Waals surface area (Å²) in [7, 11) is -4.30. The predicted octanol–water partition coefficient (Wildman–Crippen LogP) is 0.848. The van der Waals surface area contributed by atoms with Crippen LogP contribution in [0.25, 0.3) is 0 Å². The van der Waals surface area contributed by atoms with E-state index in [1.807, 2.05) is 0 Å². The number of amides is 1. The molecule has 0 saturated carbocycles. The van der Waals surface area contributed by atoms with Crippen molar-refractivity contribution in [3.05, 3.63) is 29.3 Å². The molecule has 1 saturated heterocycles. The molecule has 1 heterocycles. The number of primary sulfonamides is 1. The number of halogens is 2. The van der Waals surface area contributed by atoms with E-state index in [1.54, 1.807) is 0 Å². The Morgan fingerprint density at radius 3 is 2.21 bits per heavy atom. The molecule has 0 aliphatic carbocycles. The van der Waals surface area contributed by atoms with Gasteiger partial charge in [0, 0.05) is 13.1 Å². The molecule has 2 N–H and O–H groups in total. The lowest BCUT2D eigenvalue weighted by atomic mass is 10.2. The van der Waals surface area contributed by atoms with Gasteiger partial charge in [-0.25, -0.2) is 22.3 Å². The third-order valence-electron chi connectivity index (χ3n) is 2.95. The summed E-state index contributed by atoms with van der Waals surface area (Å²) in [4.78, 5) is 12.8. The summed E-state index contributed by atoms with van der Waals surface area (Å²) >= 11 is 0. The second kappa shape index (κ2) is 4.86. The number of likely N-dealkylation sites (tertiary alicyclic amines) is 1. The van der Waals surface area contributed by atoms with Crippen molar-refractivity contribution < 1.29 is 22.0 Å². The van der Waals surface area contributed by atoms with Crippen molar-refractivity contribution in [3.8, 4) is 0 Å². The Hall–Kier alpha value is -1.54. The fraction of sp³-hybridized carbons (Fsp3) is 0.364. The van der Waals surface area contributed by atoms with Crippen molar-refractivity contribution in [2.45, 2.75) is 17.7 Å². The Balaban J connectivity index is 2.54. The molecule has 0 unspecified atom stereocenters. The third kappa shape index (κ3) is 2.74. The normalized spacial score (nSPS) is 15.8. The van der Waals surface area contributed by atoms with E-state index in [4.69, 9.17) is 5.14 Å². The van der Waals surface area contributed by atoms with Gasteiger partial charge in [0.05, 0.1) is 10.5 Å². The van der Waals surface area contributed by atoms with Crippen LogP contribution in [0.5, 0.6) is 0 Å². The Bertz CT molecular complexity index is 625. The first kappa shape index (κ1) is 13.9. The van der Waals surface area contributed by atoms with E-state index >= 15 is 0 Å². The maximum absolute atomic E-state index is 13.2. The van der Waals surface area contributed by atoms with Gasteiger partial charge in [-0.3, -0.25) is 4.79 Å². The molecule has 104 valence electrons. The highest BCUT2D eigenvalue weighted by Gasteiger charge is 2.27. The van der Waals surface area contributed by atoms with Crippen molar-refractivity contribution in [2.75, 3.05) is 13.1 Å². The van der Waals surface area contributed by atoms with Gasteiger partial charge in [-0.2, -0.15) is 0 Å². The second-order valence-corrected chi connectivity index (χ2v) is 5.84. The van der Waals surface area contributed by atoms with Crippen molar-refractivity contribution in [1.29, 1.82) is 0 Å². The van der Waals surface area contributed by atoms with Crippen LogP contribution in [0.15, 0.2) is 17.0 Å². The van der Waals surface area contributed by atoms with Gasteiger partial charge in [0.15, 0.2) is 11.6 Å². The molecule has 5 nitrogen and oxygen atoms in total. The minimum Gasteiger partial charge on any atom is -0.339 e. The van der Waals surface area contributed by atoms with Gasteiger partial charge >= 0.3 is 0 Å². The molecule has 0 spiro atoms.